The maximum absolute atomic E-state index is 12.8. The van der Waals surface area contributed by atoms with Gasteiger partial charge in [-0.25, -0.2) is 9.78 Å². The van der Waals surface area contributed by atoms with Gasteiger partial charge in [0.05, 0.1) is 16.6 Å². The first-order valence-corrected chi connectivity index (χ1v) is 11.6. The summed E-state index contributed by atoms with van der Waals surface area (Å²) in [5, 5.41) is 2.96. The monoisotopic (exact) mass is 469 g/mol. The van der Waals surface area contributed by atoms with E-state index in [0.717, 1.165) is 22.5 Å². The molecule has 0 unspecified atom stereocenters. The lowest BCUT2D eigenvalue weighted by Crippen LogP contribution is -2.23. The minimum absolute atomic E-state index is 0.123. The largest absolute Gasteiger partial charge is 0.419 e. The van der Waals surface area contributed by atoms with Crippen LogP contribution in [0.5, 0.6) is 0 Å². The van der Waals surface area contributed by atoms with Crippen LogP contribution in [0.25, 0.3) is 27.8 Å². The highest BCUT2D eigenvalue weighted by atomic mass is 16.4. The second-order valence-corrected chi connectivity index (χ2v) is 8.74. The van der Waals surface area contributed by atoms with E-state index in [1.165, 1.54) is 0 Å². The van der Waals surface area contributed by atoms with Crippen molar-refractivity contribution < 1.29 is 9.21 Å². The van der Waals surface area contributed by atoms with Crippen LogP contribution in [0.4, 0.5) is 5.69 Å². The number of hydrogen-bond donors (Lipinski definition) is 1. The molecule has 8 nitrogen and oxygen atoms in total. The van der Waals surface area contributed by atoms with Gasteiger partial charge >= 0.3 is 5.76 Å². The molecule has 0 saturated carbocycles. The summed E-state index contributed by atoms with van der Waals surface area (Å²) in [6.07, 6.45) is 0.754. The molecule has 1 amide bonds. The molecule has 0 atom stereocenters. The molecule has 1 N–H and O–H groups in total. The number of carbonyl (C=O) groups is 1. The summed E-state index contributed by atoms with van der Waals surface area (Å²) in [6.45, 7) is 1.21. The van der Waals surface area contributed by atoms with Crippen LogP contribution >= 0.6 is 0 Å². The minimum Gasteiger partial charge on any atom is -0.408 e. The summed E-state index contributed by atoms with van der Waals surface area (Å²) in [4.78, 5) is 31.9. The zero-order chi connectivity index (χ0) is 24.4. The molecule has 0 spiro atoms. The van der Waals surface area contributed by atoms with Crippen molar-refractivity contribution in [1.29, 1.82) is 0 Å². The first-order chi connectivity index (χ1) is 17.0. The molecule has 0 aliphatic heterocycles. The number of likely N-dealkylation sites (N-methyl/N-ethyl adjacent to an activating group) is 1. The first-order valence-electron chi connectivity index (χ1n) is 11.6. The summed E-state index contributed by atoms with van der Waals surface area (Å²) >= 11 is 0. The van der Waals surface area contributed by atoms with Gasteiger partial charge in [0.1, 0.15) is 5.82 Å². The van der Waals surface area contributed by atoms with E-state index in [9.17, 15) is 9.59 Å². The van der Waals surface area contributed by atoms with Crippen molar-refractivity contribution in [3.63, 3.8) is 0 Å². The van der Waals surface area contributed by atoms with Crippen molar-refractivity contribution in [1.82, 2.24) is 19.0 Å². The number of oxazole rings is 1. The second-order valence-electron chi connectivity index (χ2n) is 8.74. The van der Waals surface area contributed by atoms with Gasteiger partial charge in [0, 0.05) is 37.3 Å². The van der Waals surface area contributed by atoms with Crippen LogP contribution in [0, 0.1) is 0 Å². The molecule has 5 rings (SSSR count). The number of imidazole rings is 1. The number of amides is 1. The second kappa shape index (κ2) is 9.60. The predicted molar refractivity (Wildman–Crippen MR) is 137 cm³/mol. The van der Waals surface area contributed by atoms with Gasteiger partial charge in [-0.2, -0.15) is 0 Å². The number of fused-ring (bicyclic) bond motifs is 2. The highest BCUT2D eigenvalue weighted by Crippen LogP contribution is 2.23. The Balaban J connectivity index is 1.34. The molecule has 35 heavy (non-hydrogen) atoms. The normalized spacial score (nSPS) is 11.5. The third-order valence-electron chi connectivity index (χ3n) is 5.94. The zero-order valence-corrected chi connectivity index (χ0v) is 19.8. The number of aryl methyl sites for hydroxylation is 1. The van der Waals surface area contributed by atoms with Crippen molar-refractivity contribution in [3.8, 4) is 5.69 Å². The van der Waals surface area contributed by atoms with Crippen molar-refractivity contribution >= 4 is 33.7 Å². The molecule has 178 valence electrons. The Morgan fingerprint density at radius 3 is 2.57 bits per heavy atom. The lowest BCUT2D eigenvalue weighted by Gasteiger charge is -2.10. The number of nitrogens with zero attached hydrogens (tertiary/aromatic N) is 4. The number of hydrogen-bond acceptors (Lipinski definition) is 5. The zero-order valence-electron chi connectivity index (χ0n) is 19.8. The van der Waals surface area contributed by atoms with Crippen LogP contribution in [-0.2, 0) is 17.8 Å². The molecule has 0 bridgehead atoms. The maximum atomic E-state index is 12.8. The molecular formula is C27H27N5O3. The first kappa shape index (κ1) is 22.6. The molecule has 0 fully saturated rings. The third kappa shape index (κ3) is 4.74. The molecule has 2 heterocycles. The van der Waals surface area contributed by atoms with Gasteiger partial charge in [-0.15, -0.1) is 0 Å². The predicted octanol–water partition coefficient (Wildman–Crippen LogP) is 4.07. The average Bonchev–Trinajstić information content (AvgIpc) is 3.38. The highest BCUT2D eigenvalue weighted by Gasteiger charge is 2.15. The van der Waals surface area contributed by atoms with Gasteiger partial charge in [0.2, 0.25) is 5.91 Å². The van der Waals surface area contributed by atoms with Gasteiger partial charge < -0.3 is 14.6 Å². The standard InChI is InChI=1S/C27H27N5O3/c1-30(2)16-17-31-23-18-19(12-13-24(23)35-27(31)34)28-26(33)15-14-25-29-21-10-6-7-11-22(21)32(25)20-8-4-3-5-9-20/h3-13,18H,14-17H2,1-2H3,(H,28,33). The molecule has 0 aliphatic rings. The van der Waals surface area contributed by atoms with E-state index in [2.05, 4.69) is 9.88 Å². The summed E-state index contributed by atoms with van der Waals surface area (Å²) in [6, 6.07) is 23.3. The fourth-order valence-electron chi connectivity index (χ4n) is 4.21. The van der Waals surface area contributed by atoms with Gasteiger partial charge in [-0.05, 0) is 56.6 Å². The Bertz CT molecular complexity index is 1550. The van der Waals surface area contributed by atoms with E-state index in [0.29, 0.717) is 36.3 Å². The van der Waals surface area contributed by atoms with Crippen molar-refractivity contribution in [2.45, 2.75) is 19.4 Å². The van der Waals surface area contributed by atoms with Crippen LogP contribution in [0.15, 0.2) is 82.0 Å². The lowest BCUT2D eigenvalue weighted by atomic mass is 10.2. The molecule has 0 radical (unpaired) electrons. The van der Waals surface area contributed by atoms with Crippen LogP contribution < -0.4 is 11.1 Å². The summed E-state index contributed by atoms with van der Waals surface area (Å²) < 4.78 is 9.04. The van der Waals surface area contributed by atoms with Crippen LogP contribution in [0.3, 0.4) is 0 Å². The van der Waals surface area contributed by atoms with Gasteiger partial charge in [0.25, 0.3) is 0 Å². The Morgan fingerprint density at radius 2 is 1.77 bits per heavy atom. The molecule has 0 aliphatic carbocycles. The number of rotatable bonds is 8. The average molecular weight is 470 g/mol. The van der Waals surface area contributed by atoms with Crippen LogP contribution in [0.2, 0.25) is 0 Å². The Labute approximate surface area is 202 Å². The summed E-state index contributed by atoms with van der Waals surface area (Å²) in [5.74, 6) is 0.308. The number of nitrogens with one attached hydrogen (secondary N) is 1. The molecule has 2 aromatic heterocycles. The Hall–Kier alpha value is -4.17. The van der Waals surface area contributed by atoms with Gasteiger partial charge in [0.15, 0.2) is 5.58 Å². The summed E-state index contributed by atoms with van der Waals surface area (Å²) in [5.41, 5.74) is 4.71. The molecule has 0 saturated heterocycles. The fraction of sp³-hybridized carbons (Fsp3) is 0.222. The van der Waals surface area contributed by atoms with E-state index >= 15 is 0 Å². The molecular weight excluding hydrogens is 442 g/mol. The Kier molecular flexibility index (Phi) is 6.20. The third-order valence-corrected chi connectivity index (χ3v) is 5.94. The number of carbonyl (C=O) groups excluding carboxylic acids is 1. The van der Waals surface area contributed by atoms with Crippen molar-refractivity contribution in [2.24, 2.45) is 0 Å². The van der Waals surface area contributed by atoms with Gasteiger partial charge in [-0.1, -0.05) is 30.3 Å². The number of para-hydroxylation sites is 3. The van der Waals surface area contributed by atoms with Crippen molar-refractivity contribution in [3.05, 3.63) is 89.2 Å². The fourth-order valence-corrected chi connectivity index (χ4v) is 4.21. The quantitative estimate of drug-likeness (QED) is 0.370. The molecule has 5 aromatic rings. The van der Waals surface area contributed by atoms with Crippen LogP contribution in [0.1, 0.15) is 12.2 Å². The van der Waals surface area contributed by atoms with E-state index in [4.69, 9.17) is 9.40 Å². The lowest BCUT2D eigenvalue weighted by molar-refractivity contribution is -0.116. The van der Waals surface area contributed by atoms with E-state index in [1.807, 2.05) is 73.6 Å². The van der Waals surface area contributed by atoms with Crippen LogP contribution in [-0.4, -0.2) is 45.6 Å². The van der Waals surface area contributed by atoms with Gasteiger partial charge in [-0.3, -0.25) is 13.9 Å². The summed E-state index contributed by atoms with van der Waals surface area (Å²) in [7, 11) is 3.90. The number of aromatic nitrogens is 3. The highest BCUT2D eigenvalue weighted by molar-refractivity contribution is 5.93. The smallest absolute Gasteiger partial charge is 0.408 e. The number of benzene rings is 3. The topological polar surface area (TPSA) is 85.3 Å². The van der Waals surface area contributed by atoms with E-state index in [1.54, 1.807) is 22.8 Å². The minimum atomic E-state index is -0.398. The Morgan fingerprint density at radius 1 is 1.00 bits per heavy atom. The van der Waals surface area contributed by atoms with Crippen molar-refractivity contribution in [2.75, 3.05) is 26.0 Å². The number of anilines is 1. The SMILES string of the molecule is CN(C)CCn1c(=O)oc2ccc(NC(=O)CCc3nc4ccccc4n3-c3ccccc3)cc21. The maximum Gasteiger partial charge on any atom is 0.419 e. The van der Waals surface area contributed by atoms with E-state index < -0.39 is 5.76 Å². The molecule has 3 aromatic carbocycles. The van der Waals surface area contributed by atoms with E-state index in [-0.39, 0.29) is 12.3 Å². The molecule has 8 heteroatoms.